The monoisotopic (exact) mass is 270 g/mol. The van der Waals surface area contributed by atoms with Crippen molar-refractivity contribution in [2.24, 2.45) is 5.73 Å². The standard InChI is InChI=1S/C16H22N4/c1-12(2)15-7-14(9-17)8-16(19-15)20(3)11-13-5-4-6-18-10-13/h4-8,10,12H,9,11,17H2,1-3H3. The Kier molecular flexibility index (Phi) is 4.69. The van der Waals surface area contributed by atoms with Crippen LogP contribution in [-0.4, -0.2) is 17.0 Å². The average Bonchev–Trinajstić information content (AvgIpc) is 2.47. The number of aromatic nitrogens is 2. The van der Waals surface area contributed by atoms with E-state index in [1.165, 1.54) is 5.56 Å². The van der Waals surface area contributed by atoms with Gasteiger partial charge in [-0.15, -0.1) is 0 Å². The van der Waals surface area contributed by atoms with Gasteiger partial charge in [-0.2, -0.15) is 0 Å². The Balaban J connectivity index is 2.24. The molecule has 4 heteroatoms. The number of hydrogen-bond donors (Lipinski definition) is 1. The molecule has 0 aliphatic carbocycles. The number of nitrogens with two attached hydrogens (primary N) is 1. The Morgan fingerprint density at radius 1 is 1.25 bits per heavy atom. The van der Waals surface area contributed by atoms with Crippen molar-refractivity contribution < 1.29 is 0 Å². The van der Waals surface area contributed by atoms with Gasteiger partial charge in [-0.1, -0.05) is 19.9 Å². The Morgan fingerprint density at radius 3 is 2.65 bits per heavy atom. The molecule has 2 aromatic rings. The Morgan fingerprint density at radius 2 is 2.05 bits per heavy atom. The van der Waals surface area contributed by atoms with E-state index < -0.39 is 0 Å². The molecule has 2 heterocycles. The summed E-state index contributed by atoms with van der Waals surface area (Å²) in [7, 11) is 2.04. The summed E-state index contributed by atoms with van der Waals surface area (Å²) in [5.41, 5.74) is 9.16. The number of nitrogens with zero attached hydrogens (tertiary/aromatic N) is 3. The number of hydrogen-bond acceptors (Lipinski definition) is 4. The third-order valence-corrected chi connectivity index (χ3v) is 3.25. The van der Waals surface area contributed by atoms with Crippen LogP contribution in [0.5, 0.6) is 0 Å². The first-order valence-corrected chi connectivity index (χ1v) is 6.91. The Labute approximate surface area is 120 Å². The maximum absolute atomic E-state index is 5.78. The van der Waals surface area contributed by atoms with E-state index in [2.05, 4.69) is 41.9 Å². The second-order valence-corrected chi connectivity index (χ2v) is 5.33. The van der Waals surface area contributed by atoms with Gasteiger partial charge in [0.2, 0.25) is 0 Å². The van der Waals surface area contributed by atoms with Gasteiger partial charge in [-0.3, -0.25) is 4.98 Å². The van der Waals surface area contributed by atoms with Crippen molar-refractivity contribution in [3.05, 3.63) is 53.5 Å². The van der Waals surface area contributed by atoms with Crippen LogP contribution < -0.4 is 10.6 Å². The van der Waals surface area contributed by atoms with Gasteiger partial charge in [0.25, 0.3) is 0 Å². The smallest absolute Gasteiger partial charge is 0.129 e. The molecule has 0 radical (unpaired) electrons. The zero-order valence-electron chi connectivity index (χ0n) is 12.4. The first kappa shape index (κ1) is 14.5. The fraction of sp³-hybridized carbons (Fsp3) is 0.375. The minimum Gasteiger partial charge on any atom is -0.355 e. The summed E-state index contributed by atoms with van der Waals surface area (Å²) in [5.74, 6) is 1.35. The molecule has 106 valence electrons. The van der Waals surface area contributed by atoms with Crippen LogP contribution in [0, 0.1) is 0 Å². The maximum Gasteiger partial charge on any atom is 0.129 e. The van der Waals surface area contributed by atoms with Crippen LogP contribution in [0.3, 0.4) is 0 Å². The van der Waals surface area contributed by atoms with Crippen LogP contribution >= 0.6 is 0 Å². The van der Waals surface area contributed by atoms with Crippen LogP contribution in [0.25, 0.3) is 0 Å². The van der Waals surface area contributed by atoms with Crippen molar-refractivity contribution in [3.63, 3.8) is 0 Å². The second-order valence-electron chi connectivity index (χ2n) is 5.33. The van der Waals surface area contributed by atoms with Crippen molar-refractivity contribution >= 4 is 5.82 Å². The first-order chi connectivity index (χ1) is 9.60. The molecule has 0 atom stereocenters. The molecule has 0 bridgehead atoms. The lowest BCUT2D eigenvalue weighted by atomic mass is 10.1. The molecule has 20 heavy (non-hydrogen) atoms. The second kappa shape index (κ2) is 6.48. The summed E-state index contributed by atoms with van der Waals surface area (Å²) in [5, 5.41) is 0. The zero-order chi connectivity index (χ0) is 14.5. The predicted molar refractivity (Wildman–Crippen MR) is 82.6 cm³/mol. The Hall–Kier alpha value is -1.94. The van der Waals surface area contributed by atoms with Gasteiger partial charge in [-0.05, 0) is 35.2 Å². The highest BCUT2D eigenvalue weighted by Gasteiger charge is 2.09. The van der Waals surface area contributed by atoms with E-state index in [0.29, 0.717) is 12.5 Å². The van der Waals surface area contributed by atoms with Crippen molar-refractivity contribution in [2.75, 3.05) is 11.9 Å². The minimum absolute atomic E-state index is 0.395. The maximum atomic E-state index is 5.78. The van der Waals surface area contributed by atoms with Crippen LogP contribution in [0.2, 0.25) is 0 Å². The molecular formula is C16H22N4. The summed E-state index contributed by atoms with van der Waals surface area (Å²) in [6, 6.07) is 8.17. The van der Waals surface area contributed by atoms with Crippen molar-refractivity contribution in [1.82, 2.24) is 9.97 Å². The van der Waals surface area contributed by atoms with Gasteiger partial charge in [0.1, 0.15) is 5.82 Å². The average molecular weight is 270 g/mol. The molecule has 0 saturated heterocycles. The Bertz CT molecular complexity index is 552. The third kappa shape index (κ3) is 3.54. The summed E-state index contributed by atoms with van der Waals surface area (Å²) < 4.78 is 0. The molecule has 0 spiro atoms. The molecule has 0 aliphatic heterocycles. The largest absolute Gasteiger partial charge is 0.355 e. The molecule has 4 nitrogen and oxygen atoms in total. The van der Waals surface area contributed by atoms with Crippen LogP contribution in [0.15, 0.2) is 36.7 Å². The fourth-order valence-corrected chi connectivity index (χ4v) is 2.05. The van der Waals surface area contributed by atoms with Gasteiger partial charge >= 0.3 is 0 Å². The lowest BCUT2D eigenvalue weighted by Gasteiger charge is -2.20. The molecule has 2 rings (SSSR count). The van der Waals surface area contributed by atoms with Crippen molar-refractivity contribution in [2.45, 2.75) is 32.9 Å². The van der Waals surface area contributed by atoms with E-state index in [9.17, 15) is 0 Å². The quantitative estimate of drug-likeness (QED) is 0.907. The molecule has 0 fully saturated rings. The number of anilines is 1. The molecule has 0 aromatic carbocycles. The van der Waals surface area contributed by atoms with Crippen LogP contribution in [0.4, 0.5) is 5.82 Å². The van der Waals surface area contributed by atoms with Crippen LogP contribution in [0.1, 0.15) is 36.6 Å². The van der Waals surface area contributed by atoms with Crippen LogP contribution in [-0.2, 0) is 13.1 Å². The lowest BCUT2D eigenvalue weighted by molar-refractivity contribution is 0.799. The molecule has 2 N–H and O–H groups in total. The molecule has 0 unspecified atom stereocenters. The third-order valence-electron chi connectivity index (χ3n) is 3.25. The molecule has 0 aliphatic rings. The fourth-order valence-electron chi connectivity index (χ4n) is 2.05. The molecule has 0 amide bonds. The summed E-state index contributed by atoms with van der Waals surface area (Å²) >= 11 is 0. The lowest BCUT2D eigenvalue weighted by Crippen LogP contribution is -2.19. The molecule has 2 aromatic heterocycles. The van der Waals surface area contributed by atoms with E-state index in [1.807, 2.05) is 19.3 Å². The minimum atomic E-state index is 0.395. The van der Waals surface area contributed by atoms with E-state index in [-0.39, 0.29) is 0 Å². The van der Waals surface area contributed by atoms with Gasteiger partial charge in [0, 0.05) is 38.2 Å². The van der Waals surface area contributed by atoms with E-state index in [1.54, 1.807) is 6.20 Å². The highest BCUT2D eigenvalue weighted by atomic mass is 15.2. The van der Waals surface area contributed by atoms with Gasteiger partial charge < -0.3 is 10.6 Å². The van der Waals surface area contributed by atoms with E-state index in [4.69, 9.17) is 10.7 Å². The van der Waals surface area contributed by atoms with E-state index in [0.717, 1.165) is 23.6 Å². The SMILES string of the molecule is CC(C)c1cc(CN)cc(N(C)Cc2cccnc2)n1. The number of rotatable bonds is 5. The number of pyridine rings is 2. The van der Waals surface area contributed by atoms with Crippen molar-refractivity contribution in [1.29, 1.82) is 0 Å². The summed E-state index contributed by atoms with van der Waals surface area (Å²) in [6.45, 7) is 5.61. The molecule has 0 saturated carbocycles. The van der Waals surface area contributed by atoms with Crippen molar-refractivity contribution in [3.8, 4) is 0 Å². The topological polar surface area (TPSA) is 55.0 Å². The van der Waals surface area contributed by atoms with Gasteiger partial charge in [0.15, 0.2) is 0 Å². The zero-order valence-corrected chi connectivity index (χ0v) is 12.4. The summed E-state index contributed by atoms with van der Waals surface area (Å²) in [6.07, 6.45) is 3.67. The van der Waals surface area contributed by atoms with Gasteiger partial charge in [-0.25, -0.2) is 4.98 Å². The predicted octanol–water partition coefficient (Wildman–Crippen LogP) is 2.70. The highest BCUT2D eigenvalue weighted by Crippen LogP contribution is 2.20. The van der Waals surface area contributed by atoms with Gasteiger partial charge in [0.05, 0.1) is 0 Å². The summed E-state index contributed by atoms with van der Waals surface area (Å²) in [4.78, 5) is 11.0. The highest BCUT2D eigenvalue weighted by molar-refractivity contribution is 5.43. The first-order valence-electron chi connectivity index (χ1n) is 6.91. The van der Waals surface area contributed by atoms with E-state index >= 15 is 0 Å². The molecular weight excluding hydrogens is 248 g/mol. The normalized spacial score (nSPS) is 10.8.